The smallest absolute Gasteiger partial charge is 0.326 e. The van der Waals surface area contributed by atoms with Crippen molar-refractivity contribution in [2.75, 3.05) is 0 Å². The second-order valence-electron chi connectivity index (χ2n) is 4.36. The molecule has 92 valence electrons. The van der Waals surface area contributed by atoms with E-state index in [1.165, 1.54) is 6.92 Å². The molecule has 0 unspecified atom stereocenters. The molecule has 0 saturated carbocycles. The lowest BCUT2D eigenvalue weighted by Gasteiger charge is -2.18. The molecule has 0 aromatic rings. The minimum absolute atomic E-state index is 0.333. The third-order valence-corrected chi connectivity index (χ3v) is 3.66. The van der Waals surface area contributed by atoms with Gasteiger partial charge in [-0.25, -0.2) is 4.79 Å². The second-order valence-corrected chi connectivity index (χ2v) is 4.85. The van der Waals surface area contributed by atoms with Gasteiger partial charge >= 0.3 is 5.97 Å². The molecule has 1 N–H and O–H groups in total. The van der Waals surface area contributed by atoms with Crippen LogP contribution in [0.2, 0.25) is 0 Å². The highest BCUT2D eigenvalue weighted by Crippen LogP contribution is 2.39. The number of rotatable bonds is 2. The van der Waals surface area contributed by atoms with Crippen molar-refractivity contribution in [2.24, 2.45) is 11.8 Å². The molecule has 5 nitrogen and oxygen atoms in total. The van der Waals surface area contributed by atoms with E-state index in [4.69, 9.17) is 16.7 Å². The Kier molecular flexibility index (Phi) is 2.95. The maximum Gasteiger partial charge on any atom is 0.326 e. The van der Waals surface area contributed by atoms with Crippen LogP contribution in [0, 0.1) is 11.8 Å². The summed E-state index contributed by atoms with van der Waals surface area (Å²) in [7, 11) is 0. The molecule has 6 heteroatoms. The van der Waals surface area contributed by atoms with Crippen LogP contribution in [-0.4, -0.2) is 33.8 Å². The normalized spacial score (nSPS) is 30.0. The summed E-state index contributed by atoms with van der Waals surface area (Å²) in [5.74, 6) is -2.91. The van der Waals surface area contributed by atoms with Gasteiger partial charge in [-0.3, -0.25) is 14.5 Å². The van der Waals surface area contributed by atoms with Crippen molar-refractivity contribution in [1.29, 1.82) is 0 Å². The van der Waals surface area contributed by atoms with Crippen LogP contribution in [0.5, 0.6) is 0 Å². The minimum atomic E-state index is -1.18. The van der Waals surface area contributed by atoms with Gasteiger partial charge in [0.2, 0.25) is 11.8 Å². The zero-order valence-corrected chi connectivity index (χ0v) is 9.98. The summed E-state index contributed by atoms with van der Waals surface area (Å²) in [6, 6.07) is -1.11. The van der Waals surface area contributed by atoms with Crippen molar-refractivity contribution in [3.63, 3.8) is 0 Å². The van der Waals surface area contributed by atoms with Gasteiger partial charge in [-0.15, -0.1) is 0 Å². The van der Waals surface area contributed by atoms with Crippen molar-refractivity contribution >= 4 is 29.4 Å². The molecular formula is C11H12ClNO4. The number of nitrogens with zero attached hydrogens (tertiary/aromatic N) is 1. The first-order chi connectivity index (χ1) is 7.93. The summed E-state index contributed by atoms with van der Waals surface area (Å²) in [6.07, 6.45) is 2.47. The van der Waals surface area contributed by atoms with E-state index in [0.717, 1.165) is 4.90 Å². The number of imide groups is 1. The Hall–Kier alpha value is -1.36. The van der Waals surface area contributed by atoms with Gasteiger partial charge in [0.15, 0.2) is 0 Å². The number of allylic oxidation sites excluding steroid dienone is 2. The van der Waals surface area contributed by atoms with E-state index in [0.29, 0.717) is 17.9 Å². The molecular weight excluding hydrogens is 246 g/mol. The molecule has 17 heavy (non-hydrogen) atoms. The van der Waals surface area contributed by atoms with Gasteiger partial charge in [-0.1, -0.05) is 17.7 Å². The van der Waals surface area contributed by atoms with Gasteiger partial charge in [-0.2, -0.15) is 0 Å². The molecule has 1 saturated heterocycles. The summed E-state index contributed by atoms with van der Waals surface area (Å²) in [6.45, 7) is 1.34. The average Bonchev–Trinajstić information content (AvgIpc) is 2.50. The highest BCUT2D eigenvalue weighted by Gasteiger charge is 2.51. The molecule has 0 aromatic heterocycles. The van der Waals surface area contributed by atoms with Gasteiger partial charge in [0.1, 0.15) is 6.04 Å². The molecule has 1 aliphatic heterocycles. The van der Waals surface area contributed by atoms with E-state index in [2.05, 4.69) is 0 Å². The predicted octanol–water partition coefficient (Wildman–Crippen LogP) is 0.977. The number of aliphatic carboxylic acids is 1. The Morgan fingerprint density at radius 3 is 2.65 bits per heavy atom. The van der Waals surface area contributed by atoms with Crippen LogP contribution in [-0.2, 0) is 14.4 Å². The van der Waals surface area contributed by atoms with Crippen LogP contribution in [0.3, 0.4) is 0 Å². The number of amides is 2. The third-order valence-electron chi connectivity index (χ3n) is 3.35. The lowest BCUT2D eigenvalue weighted by atomic mass is 9.85. The average molecular weight is 258 g/mol. The van der Waals surface area contributed by atoms with E-state index in [-0.39, 0.29) is 0 Å². The highest BCUT2D eigenvalue weighted by molar-refractivity contribution is 6.30. The Morgan fingerprint density at radius 2 is 2.06 bits per heavy atom. The van der Waals surface area contributed by atoms with Gasteiger partial charge in [-0.05, 0) is 19.8 Å². The standard InChI is InChI=1S/C11H12ClNO4/c1-5(11(16)17)13-9(14)7-3-2-6(12)4-8(7)10(13)15/h2,5,7-8H,3-4H2,1H3,(H,16,17)/t5-,7-,8-/m0/s1. The van der Waals surface area contributed by atoms with Crippen LogP contribution < -0.4 is 0 Å². The van der Waals surface area contributed by atoms with Gasteiger partial charge in [0.05, 0.1) is 11.8 Å². The molecule has 1 aliphatic carbocycles. The Morgan fingerprint density at radius 1 is 1.47 bits per heavy atom. The molecule has 0 bridgehead atoms. The third kappa shape index (κ3) is 1.84. The first-order valence-electron chi connectivity index (χ1n) is 5.37. The van der Waals surface area contributed by atoms with E-state index in [9.17, 15) is 14.4 Å². The fourth-order valence-corrected chi connectivity index (χ4v) is 2.60. The van der Waals surface area contributed by atoms with Crippen LogP contribution >= 0.6 is 11.6 Å². The van der Waals surface area contributed by atoms with Crippen molar-refractivity contribution in [3.05, 3.63) is 11.1 Å². The number of halogens is 1. The number of carbonyl (C=O) groups excluding carboxylic acids is 2. The van der Waals surface area contributed by atoms with Crippen LogP contribution in [0.15, 0.2) is 11.1 Å². The number of likely N-dealkylation sites (tertiary alicyclic amines) is 1. The number of hydrogen-bond acceptors (Lipinski definition) is 3. The summed E-state index contributed by atoms with van der Waals surface area (Å²) in [4.78, 5) is 35.7. The molecule has 3 atom stereocenters. The Bertz CT molecular complexity index is 431. The first kappa shape index (κ1) is 12.1. The Balaban J connectivity index is 2.28. The van der Waals surface area contributed by atoms with E-state index >= 15 is 0 Å². The molecule has 2 rings (SSSR count). The van der Waals surface area contributed by atoms with Crippen molar-refractivity contribution in [1.82, 2.24) is 4.90 Å². The molecule has 1 heterocycles. The van der Waals surface area contributed by atoms with Crippen LogP contribution in [0.1, 0.15) is 19.8 Å². The molecule has 0 spiro atoms. The number of carboxylic acids is 1. The zero-order valence-electron chi connectivity index (χ0n) is 9.22. The van der Waals surface area contributed by atoms with Crippen molar-refractivity contribution in [3.8, 4) is 0 Å². The highest BCUT2D eigenvalue weighted by atomic mass is 35.5. The molecule has 0 radical (unpaired) electrons. The molecule has 0 aromatic carbocycles. The lowest BCUT2D eigenvalue weighted by molar-refractivity contribution is -0.154. The van der Waals surface area contributed by atoms with Gasteiger partial charge in [0, 0.05) is 5.03 Å². The number of carboxylic acid groups (broad SMARTS) is 1. The van der Waals surface area contributed by atoms with Crippen molar-refractivity contribution < 1.29 is 19.5 Å². The monoisotopic (exact) mass is 257 g/mol. The van der Waals surface area contributed by atoms with Crippen molar-refractivity contribution in [2.45, 2.75) is 25.8 Å². The second kappa shape index (κ2) is 4.14. The van der Waals surface area contributed by atoms with E-state index in [1.54, 1.807) is 6.08 Å². The Labute approximate surface area is 103 Å². The topological polar surface area (TPSA) is 74.7 Å². The zero-order chi connectivity index (χ0) is 12.7. The minimum Gasteiger partial charge on any atom is -0.480 e. The number of carbonyl (C=O) groups is 3. The SMILES string of the molecule is C[C@@H](C(=O)O)N1C(=O)[C@H]2CC=C(Cl)C[C@@H]2C1=O. The first-order valence-corrected chi connectivity index (χ1v) is 5.75. The fraction of sp³-hybridized carbons (Fsp3) is 0.545. The van der Waals surface area contributed by atoms with Gasteiger partial charge in [0.25, 0.3) is 0 Å². The quantitative estimate of drug-likeness (QED) is 0.748. The summed E-state index contributed by atoms with van der Waals surface area (Å²) in [5, 5.41) is 9.45. The summed E-state index contributed by atoms with van der Waals surface area (Å²) < 4.78 is 0. The predicted molar refractivity (Wildman–Crippen MR) is 59.1 cm³/mol. The lowest BCUT2D eigenvalue weighted by Crippen LogP contribution is -2.43. The maximum atomic E-state index is 12.0. The van der Waals surface area contributed by atoms with Crippen LogP contribution in [0.4, 0.5) is 0 Å². The molecule has 2 aliphatic rings. The largest absolute Gasteiger partial charge is 0.480 e. The number of hydrogen-bond donors (Lipinski definition) is 1. The molecule has 2 amide bonds. The summed E-state index contributed by atoms with van der Waals surface area (Å²) >= 11 is 5.85. The maximum absolute atomic E-state index is 12.0. The van der Waals surface area contributed by atoms with E-state index < -0.39 is 35.7 Å². The summed E-state index contributed by atoms with van der Waals surface area (Å²) in [5.41, 5.74) is 0. The molecule has 1 fully saturated rings. The fourth-order valence-electron chi connectivity index (χ4n) is 2.35. The van der Waals surface area contributed by atoms with E-state index in [1.807, 2.05) is 0 Å². The van der Waals surface area contributed by atoms with Gasteiger partial charge < -0.3 is 5.11 Å². The van der Waals surface area contributed by atoms with Crippen LogP contribution in [0.25, 0.3) is 0 Å². The number of fused-ring (bicyclic) bond motifs is 1.